The van der Waals surface area contributed by atoms with Gasteiger partial charge in [-0.2, -0.15) is 5.10 Å². The maximum atomic E-state index is 11.2. The molecule has 0 aliphatic rings. The Bertz CT molecular complexity index is 489. The molecule has 1 aromatic carbocycles. The fraction of sp³-hybridized carbons (Fsp3) is 0.273. The second-order valence-electron chi connectivity index (χ2n) is 3.47. The van der Waals surface area contributed by atoms with Crippen molar-refractivity contribution >= 4 is 16.8 Å². The van der Waals surface area contributed by atoms with Crippen molar-refractivity contribution in [1.29, 1.82) is 0 Å². The lowest BCUT2D eigenvalue weighted by Gasteiger charge is -2.12. The minimum absolute atomic E-state index is 0.341. The number of nitrogens with zero attached hydrogens (tertiary/aromatic N) is 2. The van der Waals surface area contributed by atoms with Crippen LogP contribution in [-0.2, 0) is 4.79 Å². The maximum Gasteiger partial charge on any atom is 0.242 e. The number of rotatable bonds is 3. The summed E-state index contributed by atoms with van der Waals surface area (Å²) in [6.45, 7) is 1.92. The highest BCUT2D eigenvalue weighted by Crippen LogP contribution is 2.19. The van der Waals surface area contributed by atoms with E-state index in [4.69, 9.17) is 5.73 Å². The van der Waals surface area contributed by atoms with Gasteiger partial charge in [0.05, 0.1) is 11.7 Å². The van der Waals surface area contributed by atoms with Gasteiger partial charge >= 0.3 is 0 Å². The summed E-state index contributed by atoms with van der Waals surface area (Å²) < 4.78 is 1.69. The Hall–Kier alpha value is -1.84. The highest BCUT2D eigenvalue weighted by atomic mass is 16.1. The van der Waals surface area contributed by atoms with Gasteiger partial charge in [0.15, 0.2) is 0 Å². The average molecular weight is 203 g/mol. The molecule has 2 aromatic rings. The number of hydrogen-bond acceptors (Lipinski definition) is 2. The Morgan fingerprint density at radius 1 is 1.53 bits per heavy atom. The first-order valence-electron chi connectivity index (χ1n) is 4.95. The van der Waals surface area contributed by atoms with E-state index in [1.54, 1.807) is 10.9 Å². The van der Waals surface area contributed by atoms with Gasteiger partial charge in [0.1, 0.15) is 6.04 Å². The first-order valence-corrected chi connectivity index (χ1v) is 4.95. The summed E-state index contributed by atoms with van der Waals surface area (Å²) in [4.78, 5) is 11.2. The van der Waals surface area contributed by atoms with E-state index in [1.807, 2.05) is 31.2 Å². The van der Waals surface area contributed by atoms with Gasteiger partial charge in [-0.1, -0.05) is 25.1 Å². The van der Waals surface area contributed by atoms with Crippen LogP contribution in [-0.4, -0.2) is 15.7 Å². The summed E-state index contributed by atoms with van der Waals surface area (Å²) in [7, 11) is 0. The largest absolute Gasteiger partial charge is 0.368 e. The highest BCUT2D eigenvalue weighted by molar-refractivity contribution is 5.83. The van der Waals surface area contributed by atoms with Gasteiger partial charge in [-0.25, -0.2) is 0 Å². The fourth-order valence-electron chi connectivity index (χ4n) is 1.73. The molecule has 2 rings (SSSR count). The molecule has 0 bridgehead atoms. The predicted molar refractivity (Wildman–Crippen MR) is 58.3 cm³/mol. The molecule has 1 amide bonds. The standard InChI is InChI=1S/C11H13N3O/c1-2-9(11(12)15)14-10-6-4-3-5-8(10)7-13-14/h3-7,9H,2H2,1H3,(H2,12,15). The number of aromatic nitrogens is 2. The van der Waals surface area contributed by atoms with Crippen molar-refractivity contribution in [1.82, 2.24) is 9.78 Å². The van der Waals surface area contributed by atoms with Crippen molar-refractivity contribution in [2.45, 2.75) is 19.4 Å². The molecule has 2 N–H and O–H groups in total. The lowest BCUT2D eigenvalue weighted by Crippen LogP contribution is -2.26. The quantitative estimate of drug-likeness (QED) is 0.821. The van der Waals surface area contributed by atoms with Crippen LogP contribution in [0.5, 0.6) is 0 Å². The number of amides is 1. The van der Waals surface area contributed by atoms with E-state index in [-0.39, 0.29) is 11.9 Å². The molecule has 4 heteroatoms. The van der Waals surface area contributed by atoms with E-state index < -0.39 is 0 Å². The van der Waals surface area contributed by atoms with E-state index in [1.165, 1.54) is 0 Å². The molecule has 0 aliphatic carbocycles. The van der Waals surface area contributed by atoms with Crippen molar-refractivity contribution in [2.75, 3.05) is 0 Å². The van der Waals surface area contributed by atoms with E-state index in [9.17, 15) is 4.79 Å². The van der Waals surface area contributed by atoms with Crippen molar-refractivity contribution in [3.05, 3.63) is 30.5 Å². The predicted octanol–water partition coefficient (Wildman–Crippen LogP) is 1.47. The summed E-state index contributed by atoms with van der Waals surface area (Å²) in [5.74, 6) is -0.341. The molecule has 0 fully saturated rings. The fourth-order valence-corrected chi connectivity index (χ4v) is 1.73. The van der Waals surface area contributed by atoms with Gasteiger partial charge in [0, 0.05) is 5.39 Å². The van der Waals surface area contributed by atoms with Crippen LogP contribution in [0.1, 0.15) is 19.4 Å². The summed E-state index contributed by atoms with van der Waals surface area (Å²) in [5.41, 5.74) is 6.28. The molecule has 15 heavy (non-hydrogen) atoms. The van der Waals surface area contributed by atoms with E-state index >= 15 is 0 Å². The Balaban J connectivity index is 2.55. The van der Waals surface area contributed by atoms with Gasteiger partial charge in [0.2, 0.25) is 5.91 Å². The third kappa shape index (κ3) is 1.58. The van der Waals surface area contributed by atoms with Gasteiger partial charge in [-0.3, -0.25) is 9.48 Å². The highest BCUT2D eigenvalue weighted by Gasteiger charge is 2.17. The number of nitrogens with two attached hydrogens (primary N) is 1. The summed E-state index contributed by atoms with van der Waals surface area (Å²) in [6.07, 6.45) is 2.40. The zero-order chi connectivity index (χ0) is 10.8. The molecular weight excluding hydrogens is 190 g/mol. The lowest BCUT2D eigenvalue weighted by molar-refractivity contribution is -0.121. The molecule has 0 saturated heterocycles. The number of carbonyl (C=O) groups is 1. The SMILES string of the molecule is CCC(C(N)=O)n1ncc2ccccc21. The van der Waals surface area contributed by atoms with Crippen LogP contribution in [0.25, 0.3) is 10.9 Å². The van der Waals surface area contributed by atoms with Crippen LogP contribution in [0.15, 0.2) is 30.5 Å². The van der Waals surface area contributed by atoms with Crippen molar-refractivity contribution in [3.63, 3.8) is 0 Å². The van der Waals surface area contributed by atoms with Crippen LogP contribution >= 0.6 is 0 Å². The van der Waals surface area contributed by atoms with Crippen molar-refractivity contribution in [3.8, 4) is 0 Å². The van der Waals surface area contributed by atoms with Crippen molar-refractivity contribution < 1.29 is 4.79 Å². The second-order valence-corrected chi connectivity index (χ2v) is 3.47. The number of hydrogen-bond donors (Lipinski definition) is 1. The Labute approximate surface area is 87.7 Å². The van der Waals surface area contributed by atoms with Crippen LogP contribution in [0.3, 0.4) is 0 Å². The number of para-hydroxylation sites is 1. The first kappa shape index (κ1) is 9.71. The smallest absolute Gasteiger partial charge is 0.242 e. The minimum Gasteiger partial charge on any atom is -0.368 e. The Morgan fingerprint density at radius 3 is 2.93 bits per heavy atom. The molecule has 1 unspecified atom stereocenters. The van der Waals surface area contributed by atoms with Crippen LogP contribution in [0.4, 0.5) is 0 Å². The van der Waals surface area contributed by atoms with Gasteiger partial charge in [-0.05, 0) is 12.5 Å². The lowest BCUT2D eigenvalue weighted by atomic mass is 10.2. The van der Waals surface area contributed by atoms with E-state index in [0.717, 1.165) is 10.9 Å². The number of fused-ring (bicyclic) bond motifs is 1. The molecule has 0 spiro atoms. The van der Waals surface area contributed by atoms with Crippen molar-refractivity contribution in [2.24, 2.45) is 5.73 Å². The molecule has 1 atom stereocenters. The Morgan fingerprint density at radius 2 is 2.27 bits per heavy atom. The number of primary amides is 1. The number of benzene rings is 1. The van der Waals surface area contributed by atoms with Gasteiger partial charge in [0.25, 0.3) is 0 Å². The monoisotopic (exact) mass is 203 g/mol. The van der Waals surface area contributed by atoms with Gasteiger partial charge < -0.3 is 5.73 Å². The molecule has 1 heterocycles. The molecular formula is C11H13N3O. The second kappa shape index (κ2) is 3.73. The topological polar surface area (TPSA) is 60.9 Å². The normalized spacial score (nSPS) is 12.9. The molecule has 1 aromatic heterocycles. The molecule has 0 aliphatic heterocycles. The first-order chi connectivity index (χ1) is 7.24. The summed E-state index contributed by atoms with van der Waals surface area (Å²) in [5, 5.41) is 5.23. The number of carbonyl (C=O) groups excluding carboxylic acids is 1. The van der Waals surface area contributed by atoms with Crippen LogP contribution in [0.2, 0.25) is 0 Å². The average Bonchev–Trinajstić information content (AvgIpc) is 2.63. The summed E-state index contributed by atoms with van der Waals surface area (Å²) in [6, 6.07) is 7.42. The zero-order valence-corrected chi connectivity index (χ0v) is 8.55. The third-order valence-electron chi connectivity index (χ3n) is 2.52. The maximum absolute atomic E-state index is 11.2. The molecule has 4 nitrogen and oxygen atoms in total. The van der Waals surface area contributed by atoms with Crippen LogP contribution in [0, 0.1) is 0 Å². The van der Waals surface area contributed by atoms with Gasteiger partial charge in [-0.15, -0.1) is 0 Å². The van der Waals surface area contributed by atoms with Crippen LogP contribution < -0.4 is 5.73 Å². The van der Waals surface area contributed by atoms with E-state index in [0.29, 0.717) is 6.42 Å². The molecule has 0 radical (unpaired) electrons. The minimum atomic E-state index is -0.357. The molecule has 78 valence electrons. The third-order valence-corrected chi connectivity index (χ3v) is 2.52. The Kier molecular flexibility index (Phi) is 2.41. The van der Waals surface area contributed by atoms with E-state index in [2.05, 4.69) is 5.10 Å². The summed E-state index contributed by atoms with van der Waals surface area (Å²) >= 11 is 0. The zero-order valence-electron chi connectivity index (χ0n) is 8.55. The molecule has 0 saturated carbocycles.